The molecule has 114 valence electrons. The van der Waals surface area contributed by atoms with Crippen molar-refractivity contribution < 1.29 is 9.90 Å². The van der Waals surface area contributed by atoms with E-state index in [9.17, 15) is 4.79 Å². The van der Waals surface area contributed by atoms with Crippen molar-refractivity contribution in [1.82, 2.24) is 10.2 Å². The summed E-state index contributed by atoms with van der Waals surface area (Å²) in [4.78, 5) is 12.8. The largest absolute Gasteiger partial charge is 0.481 e. The first-order chi connectivity index (χ1) is 9.30. The Kier molecular flexibility index (Phi) is 6.44. The number of likely N-dealkylation sites (tertiary alicyclic amines) is 1. The summed E-state index contributed by atoms with van der Waals surface area (Å²) < 4.78 is 0. The van der Waals surface area contributed by atoms with E-state index in [1.54, 1.807) is 0 Å². The first-order valence-electron chi connectivity index (χ1n) is 7.34. The van der Waals surface area contributed by atoms with E-state index in [1.807, 2.05) is 0 Å². The fourth-order valence-corrected chi connectivity index (χ4v) is 2.67. The minimum atomic E-state index is -0.735. The van der Waals surface area contributed by atoms with E-state index in [-0.39, 0.29) is 11.8 Å². The van der Waals surface area contributed by atoms with Crippen molar-refractivity contribution in [3.8, 4) is 6.07 Å². The third kappa shape index (κ3) is 6.88. The van der Waals surface area contributed by atoms with Crippen LogP contribution in [0.2, 0.25) is 0 Å². The number of carboxylic acid groups (broad SMARTS) is 1. The predicted octanol–water partition coefficient (Wildman–Crippen LogP) is 1.70. The molecule has 2 unspecified atom stereocenters. The van der Waals surface area contributed by atoms with Gasteiger partial charge in [0.15, 0.2) is 0 Å². The van der Waals surface area contributed by atoms with Gasteiger partial charge < -0.3 is 10.4 Å². The van der Waals surface area contributed by atoms with Gasteiger partial charge in [0.2, 0.25) is 0 Å². The number of carbonyl (C=O) groups is 1. The normalized spacial score (nSPS) is 24.3. The van der Waals surface area contributed by atoms with Crippen LogP contribution in [-0.4, -0.2) is 48.2 Å². The maximum absolute atomic E-state index is 10.7. The first kappa shape index (κ1) is 16.9. The fraction of sp³-hybridized carbons (Fsp3) is 0.867. The lowest BCUT2D eigenvalue weighted by atomic mass is 9.89. The molecule has 2 N–H and O–H groups in total. The number of aliphatic carboxylic acids is 1. The van der Waals surface area contributed by atoms with Crippen molar-refractivity contribution in [2.24, 2.45) is 11.3 Å². The van der Waals surface area contributed by atoms with Crippen LogP contribution < -0.4 is 5.32 Å². The molecule has 1 saturated heterocycles. The van der Waals surface area contributed by atoms with Gasteiger partial charge in [0.05, 0.1) is 12.6 Å². The van der Waals surface area contributed by atoms with E-state index in [2.05, 4.69) is 37.1 Å². The zero-order valence-corrected chi connectivity index (χ0v) is 12.9. The van der Waals surface area contributed by atoms with Crippen LogP contribution >= 0.6 is 0 Å². The molecule has 1 fully saturated rings. The number of hydrogen-bond acceptors (Lipinski definition) is 4. The van der Waals surface area contributed by atoms with Gasteiger partial charge >= 0.3 is 5.97 Å². The van der Waals surface area contributed by atoms with Crippen molar-refractivity contribution in [1.29, 1.82) is 5.26 Å². The number of carboxylic acids is 1. The summed E-state index contributed by atoms with van der Waals surface area (Å²) >= 11 is 0. The summed E-state index contributed by atoms with van der Waals surface area (Å²) in [6.45, 7) is 9.66. The molecule has 20 heavy (non-hydrogen) atoms. The molecule has 1 aliphatic heterocycles. The summed E-state index contributed by atoms with van der Waals surface area (Å²) in [6, 6.07) is 2.55. The monoisotopic (exact) mass is 281 g/mol. The molecular weight excluding hydrogens is 254 g/mol. The van der Waals surface area contributed by atoms with Gasteiger partial charge in [0.1, 0.15) is 0 Å². The molecule has 5 heteroatoms. The lowest BCUT2D eigenvalue weighted by molar-refractivity contribution is -0.137. The Labute approximate surface area is 122 Å². The molecule has 0 aromatic carbocycles. The second kappa shape index (κ2) is 7.61. The topological polar surface area (TPSA) is 76.4 Å². The highest BCUT2D eigenvalue weighted by atomic mass is 16.4. The number of nitrogens with one attached hydrogen (secondary N) is 1. The van der Waals surface area contributed by atoms with Crippen LogP contribution in [0.15, 0.2) is 0 Å². The Morgan fingerprint density at radius 3 is 2.70 bits per heavy atom. The van der Waals surface area contributed by atoms with Crippen LogP contribution in [0.25, 0.3) is 0 Å². The molecular formula is C15H27N3O2. The summed E-state index contributed by atoms with van der Waals surface area (Å²) in [5.74, 6) is -0.368. The van der Waals surface area contributed by atoms with Crippen LogP contribution in [0, 0.1) is 22.7 Å². The molecule has 0 spiro atoms. The standard InChI is InChI=1S/C15H27N3O2/c1-15(2,3)11-17-13-8-12(4-5-14(19)20)9-18(10-13)7-6-16/h12-13,17H,4-5,7-11H2,1-3H3,(H,19,20). The van der Waals surface area contributed by atoms with Crippen LogP contribution in [0.1, 0.15) is 40.0 Å². The average Bonchev–Trinajstić information content (AvgIpc) is 2.33. The van der Waals surface area contributed by atoms with E-state index < -0.39 is 5.97 Å². The van der Waals surface area contributed by atoms with E-state index in [0.717, 1.165) is 26.1 Å². The maximum Gasteiger partial charge on any atom is 0.303 e. The molecule has 1 rings (SSSR count). The number of hydrogen-bond donors (Lipinski definition) is 2. The SMILES string of the molecule is CC(C)(C)CNC1CC(CCC(=O)O)CN(CC#N)C1. The van der Waals surface area contributed by atoms with E-state index in [4.69, 9.17) is 10.4 Å². The van der Waals surface area contributed by atoms with Gasteiger partial charge in [-0.1, -0.05) is 20.8 Å². The Bertz CT molecular complexity index is 357. The second-order valence-corrected chi connectivity index (χ2v) is 7.02. The third-order valence-electron chi connectivity index (χ3n) is 3.59. The van der Waals surface area contributed by atoms with Crippen LogP contribution in [0.3, 0.4) is 0 Å². The van der Waals surface area contributed by atoms with Crippen molar-refractivity contribution in [3.63, 3.8) is 0 Å². The Morgan fingerprint density at radius 2 is 2.15 bits per heavy atom. The number of piperidine rings is 1. The van der Waals surface area contributed by atoms with E-state index >= 15 is 0 Å². The molecule has 0 aromatic heterocycles. The molecule has 5 nitrogen and oxygen atoms in total. The van der Waals surface area contributed by atoms with E-state index in [0.29, 0.717) is 24.9 Å². The highest BCUT2D eigenvalue weighted by Crippen LogP contribution is 2.22. The molecule has 0 aromatic rings. The Hall–Kier alpha value is -1.12. The number of rotatable bonds is 6. The fourth-order valence-electron chi connectivity index (χ4n) is 2.67. The van der Waals surface area contributed by atoms with Crippen molar-refractivity contribution >= 4 is 5.97 Å². The molecule has 0 amide bonds. The highest BCUT2D eigenvalue weighted by molar-refractivity contribution is 5.66. The maximum atomic E-state index is 10.7. The minimum Gasteiger partial charge on any atom is -0.481 e. The van der Waals surface area contributed by atoms with Gasteiger partial charge in [0.25, 0.3) is 0 Å². The van der Waals surface area contributed by atoms with Gasteiger partial charge in [-0.2, -0.15) is 5.26 Å². The molecule has 0 saturated carbocycles. The van der Waals surface area contributed by atoms with Crippen molar-refractivity contribution in [2.45, 2.75) is 46.1 Å². The quantitative estimate of drug-likeness (QED) is 0.725. The summed E-state index contributed by atoms with van der Waals surface area (Å²) in [5.41, 5.74) is 0.230. The van der Waals surface area contributed by atoms with Crippen LogP contribution in [0.4, 0.5) is 0 Å². The zero-order valence-electron chi connectivity index (χ0n) is 12.9. The summed E-state index contributed by atoms with van der Waals surface area (Å²) in [5, 5.41) is 21.2. The van der Waals surface area contributed by atoms with Gasteiger partial charge in [-0.15, -0.1) is 0 Å². The minimum absolute atomic E-state index is 0.219. The number of nitrogens with zero attached hydrogens (tertiary/aromatic N) is 2. The average molecular weight is 281 g/mol. The van der Waals surface area contributed by atoms with Crippen molar-refractivity contribution in [3.05, 3.63) is 0 Å². The smallest absolute Gasteiger partial charge is 0.303 e. The Morgan fingerprint density at radius 1 is 1.45 bits per heavy atom. The van der Waals surface area contributed by atoms with Crippen molar-refractivity contribution in [2.75, 3.05) is 26.2 Å². The zero-order chi connectivity index (χ0) is 15.2. The lowest BCUT2D eigenvalue weighted by Gasteiger charge is -2.38. The Balaban J connectivity index is 2.51. The third-order valence-corrected chi connectivity index (χ3v) is 3.59. The first-order valence-corrected chi connectivity index (χ1v) is 7.34. The highest BCUT2D eigenvalue weighted by Gasteiger charge is 2.27. The molecule has 1 heterocycles. The van der Waals surface area contributed by atoms with Crippen LogP contribution in [-0.2, 0) is 4.79 Å². The molecule has 0 bridgehead atoms. The van der Waals surface area contributed by atoms with E-state index in [1.165, 1.54) is 0 Å². The second-order valence-electron chi connectivity index (χ2n) is 7.02. The predicted molar refractivity (Wildman–Crippen MR) is 78.3 cm³/mol. The van der Waals surface area contributed by atoms with Gasteiger partial charge in [-0.05, 0) is 24.2 Å². The lowest BCUT2D eigenvalue weighted by Crippen LogP contribution is -2.50. The van der Waals surface area contributed by atoms with Crippen LogP contribution in [0.5, 0.6) is 0 Å². The molecule has 2 atom stereocenters. The molecule has 1 aliphatic rings. The number of nitriles is 1. The molecule has 0 radical (unpaired) electrons. The summed E-state index contributed by atoms with van der Waals surface area (Å²) in [6.07, 6.45) is 1.92. The van der Waals surface area contributed by atoms with Gasteiger partial charge in [0, 0.05) is 32.1 Å². The van der Waals surface area contributed by atoms with Gasteiger partial charge in [-0.25, -0.2) is 0 Å². The molecule has 0 aliphatic carbocycles. The van der Waals surface area contributed by atoms with Gasteiger partial charge in [-0.3, -0.25) is 9.69 Å². The summed E-state index contributed by atoms with van der Waals surface area (Å²) in [7, 11) is 0.